The van der Waals surface area contributed by atoms with Gasteiger partial charge in [-0.05, 0) is 50.5 Å². The molecular weight excluding hydrogens is 436 g/mol. The minimum Gasteiger partial charge on any atom is -0.494 e. The van der Waals surface area contributed by atoms with Crippen molar-refractivity contribution in [3.63, 3.8) is 0 Å². The molecule has 0 saturated carbocycles. The Hall–Kier alpha value is -3.60. The van der Waals surface area contributed by atoms with E-state index in [2.05, 4.69) is 11.4 Å². The van der Waals surface area contributed by atoms with Crippen LogP contribution in [0.5, 0.6) is 5.75 Å². The molecule has 0 saturated heterocycles. The lowest BCUT2D eigenvalue weighted by Crippen LogP contribution is -2.51. The van der Waals surface area contributed by atoms with Gasteiger partial charge >= 0.3 is 0 Å². The predicted molar refractivity (Wildman–Crippen MR) is 140 cm³/mol. The highest BCUT2D eigenvalue weighted by Crippen LogP contribution is 2.18. The van der Waals surface area contributed by atoms with Gasteiger partial charge in [0.05, 0.1) is 6.61 Å². The molecule has 0 bridgehead atoms. The predicted octanol–water partition coefficient (Wildman–Crippen LogP) is 5.32. The van der Waals surface area contributed by atoms with Crippen LogP contribution in [0.2, 0.25) is 0 Å². The molecule has 0 fully saturated rings. The average molecular weight is 473 g/mol. The summed E-state index contributed by atoms with van der Waals surface area (Å²) in [6.07, 6.45) is 1.33. The minimum atomic E-state index is -0.608. The lowest BCUT2D eigenvalue weighted by Gasteiger charge is -2.32. The van der Waals surface area contributed by atoms with E-state index in [0.717, 1.165) is 22.4 Å². The summed E-state index contributed by atoms with van der Waals surface area (Å²) in [6.45, 7) is 6.72. The number of hydrogen-bond acceptors (Lipinski definition) is 3. The van der Waals surface area contributed by atoms with E-state index in [9.17, 15) is 9.59 Å². The van der Waals surface area contributed by atoms with E-state index >= 15 is 0 Å². The number of para-hydroxylation sites is 1. The molecule has 3 aromatic rings. The largest absolute Gasteiger partial charge is 0.494 e. The third kappa shape index (κ3) is 8.60. The molecule has 1 N–H and O–H groups in total. The van der Waals surface area contributed by atoms with Gasteiger partial charge < -0.3 is 15.0 Å². The molecule has 5 heteroatoms. The average Bonchev–Trinajstić information content (AvgIpc) is 2.85. The van der Waals surface area contributed by atoms with Crippen LogP contribution in [-0.2, 0) is 22.6 Å². The van der Waals surface area contributed by atoms with Gasteiger partial charge in [0.25, 0.3) is 0 Å². The fourth-order valence-electron chi connectivity index (χ4n) is 4.02. The van der Waals surface area contributed by atoms with Gasteiger partial charge in [0.2, 0.25) is 11.8 Å². The topological polar surface area (TPSA) is 58.6 Å². The number of aryl methyl sites for hydroxylation is 1. The van der Waals surface area contributed by atoms with Crippen LogP contribution in [0, 0.1) is 6.92 Å². The maximum absolute atomic E-state index is 13.6. The third-order valence-corrected chi connectivity index (χ3v) is 5.68. The molecule has 3 aromatic carbocycles. The first kappa shape index (κ1) is 26.0. The molecule has 5 nitrogen and oxygen atoms in total. The summed E-state index contributed by atoms with van der Waals surface area (Å²) in [7, 11) is 0. The number of nitrogens with zero attached hydrogens (tertiary/aromatic N) is 1. The smallest absolute Gasteiger partial charge is 0.243 e. The minimum absolute atomic E-state index is 0.0176. The highest BCUT2D eigenvalue weighted by Gasteiger charge is 2.30. The molecule has 1 atom stereocenters. The van der Waals surface area contributed by atoms with Gasteiger partial charge in [-0.25, -0.2) is 0 Å². The molecule has 184 valence electrons. The van der Waals surface area contributed by atoms with E-state index in [1.807, 2.05) is 99.6 Å². The first-order valence-corrected chi connectivity index (χ1v) is 12.3. The van der Waals surface area contributed by atoms with Gasteiger partial charge in [0.15, 0.2) is 0 Å². The molecule has 0 spiro atoms. The molecule has 0 aliphatic rings. The molecule has 1 unspecified atom stereocenters. The van der Waals surface area contributed by atoms with E-state index in [0.29, 0.717) is 32.4 Å². The van der Waals surface area contributed by atoms with Crippen molar-refractivity contribution in [2.45, 2.75) is 58.7 Å². The zero-order valence-electron chi connectivity index (χ0n) is 20.9. The summed E-state index contributed by atoms with van der Waals surface area (Å²) < 4.78 is 5.78. The van der Waals surface area contributed by atoms with Crippen molar-refractivity contribution < 1.29 is 14.3 Å². The van der Waals surface area contributed by atoms with Crippen LogP contribution in [0.4, 0.5) is 0 Å². The Balaban J connectivity index is 1.79. The number of carbonyl (C=O) groups excluding carboxylic acids is 2. The second kappa shape index (κ2) is 13.3. The van der Waals surface area contributed by atoms with E-state index in [4.69, 9.17) is 4.74 Å². The van der Waals surface area contributed by atoms with Gasteiger partial charge in [0, 0.05) is 25.4 Å². The summed E-state index contributed by atoms with van der Waals surface area (Å²) in [6, 6.07) is 26.9. The summed E-state index contributed by atoms with van der Waals surface area (Å²) in [5.74, 6) is 0.600. The highest BCUT2D eigenvalue weighted by molar-refractivity contribution is 5.88. The summed E-state index contributed by atoms with van der Waals surface area (Å²) in [4.78, 5) is 28.6. The molecule has 0 radical (unpaired) electrons. The Morgan fingerprint density at radius 3 is 2.20 bits per heavy atom. The fraction of sp³-hybridized carbons (Fsp3) is 0.333. The standard InChI is InChI=1S/C30H36N2O3/c1-23(2)31-30(34)28(21-25-13-6-4-7-14-25)32(22-26-15-10-12-24(3)20-26)29(33)18-11-19-35-27-16-8-5-9-17-27/h4-10,12-17,20,23,28H,11,18-19,21-22H2,1-3H3,(H,31,34). The van der Waals surface area contributed by atoms with Crippen molar-refractivity contribution in [2.24, 2.45) is 0 Å². The molecule has 3 rings (SSSR count). The van der Waals surface area contributed by atoms with Crippen molar-refractivity contribution in [3.05, 3.63) is 102 Å². The van der Waals surface area contributed by atoms with E-state index < -0.39 is 6.04 Å². The monoisotopic (exact) mass is 472 g/mol. The van der Waals surface area contributed by atoms with E-state index in [-0.39, 0.29) is 17.9 Å². The molecular formula is C30H36N2O3. The molecule has 0 heterocycles. The van der Waals surface area contributed by atoms with Crippen molar-refractivity contribution in [1.29, 1.82) is 0 Å². The Morgan fingerprint density at radius 1 is 0.886 bits per heavy atom. The first-order chi connectivity index (χ1) is 16.9. The van der Waals surface area contributed by atoms with Crippen LogP contribution >= 0.6 is 0 Å². The van der Waals surface area contributed by atoms with Crippen molar-refractivity contribution in [1.82, 2.24) is 10.2 Å². The van der Waals surface area contributed by atoms with Crippen LogP contribution in [0.25, 0.3) is 0 Å². The SMILES string of the molecule is Cc1cccc(CN(C(=O)CCCOc2ccccc2)C(Cc2ccccc2)C(=O)NC(C)C)c1. The summed E-state index contributed by atoms with van der Waals surface area (Å²) in [5.41, 5.74) is 3.15. The zero-order valence-corrected chi connectivity index (χ0v) is 20.9. The highest BCUT2D eigenvalue weighted by atomic mass is 16.5. The zero-order chi connectivity index (χ0) is 25.0. The number of hydrogen-bond donors (Lipinski definition) is 1. The van der Waals surface area contributed by atoms with Crippen LogP contribution in [0.3, 0.4) is 0 Å². The summed E-state index contributed by atoms with van der Waals surface area (Å²) >= 11 is 0. The first-order valence-electron chi connectivity index (χ1n) is 12.3. The second-order valence-corrected chi connectivity index (χ2v) is 9.14. The molecule has 0 aliphatic heterocycles. The number of rotatable bonds is 12. The Kier molecular flexibility index (Phi) is 9.91. The van der Waals surface area contributed by atoms with Crippen LogP contribution in [-0.4, -0.2) is 35.4 Å². The van der Waals surface area contributed by atoms with Crippen molar-refractivity contribution >= 4 is 11.8 Å². The van der Waals surface area contributed by atoms with Gasteiger partial charge in [-0.2, -0.15) is 0 Å². The quantitative estimate of drug-likeness (QED) is 0.363. The Labute approximate surface area is 209 Å². The van der Waals surface area contributed by atoms with E-state index in [1.165, 1.54) is 0 Å². The molecule has 2 amide bonds. The van der Waals surface area contributed by atoms with Gasteiger partial charge in [-0.1, -0.05) is 78.4 Å². The van der Waals surface area contributed by atoms with Gasteiger partial charge in [-0.3, -0.25) is 9.59 Å². The van der Waals surface area contributed by atoms with E-state index in [1.54, 1.807) is 4.90 Å². The maximum Gasteiger partial charge on any atom is 0.243 e. The van der Waals surface area contributed by atoms with Gasteiger partial charge in [-0.15, -0.1) is 0 Å². The molecule has 0 aliphatic carbocycles. The molecule has 0 aromatic heterocycles. The fourth-order valence-corrected chi connectivity index (χ4v) is 4.02. The second-order valence-electron chi connectivity index (χ2n) is 9.14. The number of carbonyl (C=O) groups is 2. The Bertz CT molecular complexity index is 1070. The van der Waals surface area contributed by atoms with Crippen LogP contribution in [0.15, 0.2) is 84.9 Å². The van der Waals surface area contributed by atoms with Gasteiger partial charge in [0.1, 0.15) is 11.8 Å². The normalized spacial score (nSPS) is 11.7. The number of amides is 2. The Morgan fingerprint density at radius 2 is 1.54 bits per heavy atom. The lowest BCUT2D eigenvalue weighted by molar-refractivity contribution is -0.141. The van der Waals surface area contributed by atoms with Crippen LogP contribution in [0.1, 0.15) is 43.4 Å². The number of ether oxygens (including phenoxy) is 1. The number of nitrogens with one attached hydrogen (secondary N) is 1. The summed E-state index contributed by atoms with van der Waals surface area (Å²) in [5, 5.41) is 3.03. The third-order valence-electron chi connectivity index (χ3n) is 5.68. The van der Waals surface area contributed by atoms with Crippen LogP contribution < -0.4 is 10.1 Å². The maximum atomic E-state index is 13.6. The lowest BCUT2D eigenvalue weighted by atomic mass is 10.0. The number of benzene rings is 3. The van der Waals surface area contributed by atoms with Crippen molar-refractivity contribution in [2.75, 3.05) is 6.61 Å². The van der Waals surface area contributed by atoms with Crippen molar-refractivity contribution in [3.8, 4) is 5.75 Å². The molecule has 35 heavy (non-hydrogen) atoms.